The number of nitrogens with zero attached hydrogens (tertiary/aromatic N) is 1. The largest absolute Gasteiger partial charge is 0.466 e. The monoisotopic (exact) mass is 318 g/mol. The first kappa shape index (κ1) is 17.0. The highest BCUT2D eigenvalue weighted by atomic mass is 16.3. The number of Topliss-reactive ketones (excluding diaryl/α,β-unsaturated/α-hetero) is 1. The van der Waals surface area contributed by atoms with Gasteiger partial charge in [0.25, 0.3) is 5.91 Å². The van der Waals surface area contributed by atoms with Crippen molar-refractivity contribution in [2.24, 2.45) is 7.05 Å². The zero-order chi connectivity index (χ0) is 17.4. The summed E-state index contributed by atoms with van der Waals surface area (Å²) in [4.78, 5) is 23.7. The molecule has 1 unspecified atom stereocenters. The van der Waals surface area contributed by atoms with Gasteiger partial charge in [0.15, 0.2) is 5.78 Å². The number of aromatic nitrogens is 1. The number of nitrogens with one attached hydrogen (secondary N) is 1. The zero-order valence-electron chi connectivity index (χ0n) is 14.1. The number of ketones is 1. The zero-order valence-corrected chi connectivity index (χ0v) is 14.1. The van der Waals surface area contributed by atoms with E-state index in [-0.39, 0.29) is 18.2 Å². The first-order valence-corrected chi connectivity index (χ1v) is 7.37. The molecule has 6 heteroatoms. The van der Waals surface area contributed by atoms with Crippen molar-refractivity contribution < 1.29 is 19.1 Å². The second-order valence-corrected chi connectivity index (χ2v) is 6.06. The Bertz CT molecular complexity index is 753. The fraction of sp³-hybridized carbons (Fsp3) is 0.412. The van der Waals surface area contributed by atoms with Crippen LogP contribution >= 0.6 is 0 Å². The van der Waals surface area contributed by atoms with Crippen LogP contribution in [0.5, 0.6) is 0 Å². The smallest absolute Gasteiger partial charge is 0.268 e. The summed E-state index contributed by atoms with van der Waals surface area (Å²) in [6.07, 6.45) is 1.61. The molecule has 2 aromatic heterocycles. The summed E-state index contributed by atoms with van der Waals surface area (Å²) >= 11 is 0. The van der Waals surface area contributed by atoms with Crippen molar-refractivity contribution in [3.05, 3.63) is 46.7 Å². The van der Waals surface area contributed by atoms with Crippen LogP contribution in [0.3, 0.4) is 0 Å². The molecule has 0 saturated carbocycles. The van der Waals surface area contributed by atoms with Crippen LogP contribution in [0.15, 0.2) is 22.7 Å². The number of aliphatic hydroxyl groups is 1. The van der Waals surface area contributed by atoms with Crippen LogP contribution in [0.1, 0.15) is 51.8 Å². The molecule has 0 spiro atoms. The Kier molecular flexibility index (Phi) is 4.47. The molecule has 23 heavy (non-hydrogen) atoms. The summed E-state index contributed by atoms with van der Waals surface area (Å²) in [5.74, 6) is 0.881. The maximum absolute atomic E-state index is 12.3. The lowest BCUT2D eigenvalue weighted by Gasteiger charge is -2.23. The standard InChI is InChI=1S/C17H22N2O4/c1-10-6-14(12(3)23-10)17(4,22)9-18-16(21)15-7-13(11(2)20)8-19(15)5/h6-8,22H,9H2,1-5H3,(H,18,21). The van der Waals surface area contributed by atoms with E-state index in [1.165, 1.54) is 6.92 Å². The summed E-state index contributed by atoms with van der Waals surface area (Å²) in [6, 6.07) is 3.30. The molecule has 1 amide bonds. The third-order valence-electron chi connectivity index (χ3n) is 3.86. The van der Waals surface area contributed by atoms with Crippen LogP contribution < -0.4 is 5.32 Å². The second-order valence-electron chi connectivity index (χ2n) is 6.06. The predicted molar refractivity (Wildman–Crippen MR) is 85.5 cm³/mol. The van der Waals surface area contributed by atoms with E-state index in [4.69, 9.17) is 4.42 Å². The second kappa shape index (κ2) is 6.04. The van der Waals surface area contributed by atoms with Crippen molar-refractivity contribution in [2.75, 3.05) is 6.54 Å². The van der Waals surface area contributed by atoms with Gasteiger partial charge in [0.05, 0.1) is 6.54 Å². The summed E-state index contributed by atoms with van der Waals surface area (Å²) in [5.41, 5.74) is 0.245. The van der Waals surface area contributed by atoms with Gasteiger partial charge in [0.1, 0.15) is 22.8 Å². The minimum absolute atomic E-state index is 0.0340. The number of furan rings is 1. The molecule has 2 rings (SSSR count). The van der Waals surface area contributed by atoms with Crippen molar-refractivity contribution in [1.82, 2.24) is 9.88 Å². The fourth-order valence-corrected chi connectivity index (χ4v) is 2.59. The first-order chi connectivity index (χ1) is 10.6. The molecule has 0 radical (unpaired) electrons. The van der Waals surface area contributed by atoms with Gasteiger partial charge in [-0.2, -0.15) is 0 Å². The average Bonchev–Trinajstić information content (AvgIpc) is 2.99. The molecule has 0 saturated heterocycles. The Morgan fingerprint density at radius 1 is 1.35 bits per heavy atom. The van der Waals surface area contributed by atoms with Gasteiger partial charge in [-0.3, -0.25) is 9.59 Å². The number of hydrogen-bond acceptors (Lipinski definition) is 4. The van der Waals surface area contributed by atoms with Gasteiger partial charge in [-0.05, 0) is 39.8 Å². The van der Waals surface area contributed by atoms with Crippen LogP contribution in [-0.2, 0) is 12.6 Å². The molecule has 1 atom stereocenters. The number of rotatable bonds is 5. The highest BCUT2D eigenvalue weighted by molar-refractivity contribution is 5.99. The van der Waals surface area contributed by atoms with Crippen LogP contribution in [0, 0.1) is 13.8 Å². The van der Waals surface area contributed by atoms with Crippen molar-refractivity contribution in [1.29, 1.82) is 0 Å². The summed E-state index contributed by atoms with van der Waals surface area (Å²) in [6.45, 7) is 6.68. The van der Waals surface area contributed by atoms with Gasteiger partial charge in [-0.15, -0.1) is 0 Å². The van der Waals surface area contributed by atoms with Gasteiger partial charge < -0.3 is 19.4 Å². The quantitative estimate of drug-likeness (QED) is 0.827. The molecule has 2 heterocycles. The van der Waals surface area contributed by atoms with Gasteiger partial charge in [-0.25, -0.2) is 0 Å². The third kappa shape index (κ3) is 3.53. The Hall–Kier alpha value is -2.34. The van der Waals surface area contributed by atoms with E-state index in [2.05, 4.69) is 5.32 Å². The highest BCUT2D eigenvalue weighted by Gasteiger charge is 2.28. The van der Waals surface area contributed by atoms with Crippen LogP contribution in [0.4, 0.5) is 0 Å². The summed E-state index contributed by atoms with van der Waals surface area (Å²) < 4.78 is 7.02. The van der Waals surface area contributed by atoms with Gasteiger partial charge in [-0.1, -0.05) is 0 Å². The number of aryl methyl sites for hydroxylation is 3. The predicted octanol–water partition coefficient (Wildman–Crippen LogP) is 2.08. The molecule has 2 N–H and O–H groups in total. The van der Waals surface area contributed by atoms with Crippen LogP contribution in [0.25, 0.3) is 0 Å². The topological polar surface area (TPSA) is 84.5 Å². The van der Waals surface area contributed by atoms with Gasteiger partial charge in [0, 0.05) is 24.4 Å². The van der Waals surface area contributed by atoms with E-state index < -0.39 is 5.60 Å². The Balaban J connectivity index is 2.12. The molecule has 0 aliphatic carbocycles. The maximum Gasteiger partial charge on any atom is 0.268 e. The van der Waals surface area contributed by atoms with Crippen molar-refractivity contribution in [3.63, 3.8) is 0 Å². The van der Waals surface area contributed by atoms with Crippen molar-refractivity contribution >= 4 is 11.7 Å². The molecule has 0 aromatic carbocycles. The normalized spacial score (nSPS) is 13.7. The van der Waals surface area contributed by atoms with Crippen LogP contribution in [-0.4, -0.2) is 27.9 Å². The minimum atomic E-state index is -1.24. The van der Waals surface area contributed by atoms with E-state index in [0.29, 0.717) is 28.3 Å². The average molecular weight is 318 g/mol. The summed E-state index contributed by atoms with van der Waals surface area (Å²) in [7, 11) is 1.70. The molecule has 6 nitrogen and oxygen atoms in total. The summed E-state index contributed by atoms with van der Waals surface area (Å²) in [5, 5.41) is 13.3. The number of amides is 1. The number of carbonyl (C=O) groups excluding carboxylic acids is 2. The lowest BCUT2D eigenvalue weighted by Crippen LogP contribution is -2.39. The molecule has 0 fully saturated rings. The maximum atomic E-state index is 12.3. The Morgan fingerprint density at radius 3 is 2.48 bits per heavy atom. The lowest BCUT2D eigenvalue weighted by atomic mass is 9.96. The molecule has 0 aliphatic rings. The number of carbonyl (C=O) groups is 2. The molecular weight excluding hydrogens is 296 g/mol. The van der Waals surface area contributed by atoms with Crippen LogP contribution in [0.2, 0.25) is 0 Å². The van der Waals surface area contributed by atoms with E-state index in [0.717, 1.165) is 0 Å². The Labute approximate surface area is 135 Å². The number of hydrogen-bond donors (Lipinski definition) is 2. The fourth-order valence-electron chi connectivity index (χ4n) is 2.59. The van der Waals surface area contributed by atoms with Gasteiger partial charge >= 0.3 is 0 Å². The molecular formula is C17H22N2O4. The first-order valence-electron chi connectivity index (χ1n) is 7.37. The van der Waals surface area contributed by atoms with Gasteiger partial charge in [0.2, 0.25) is 0 Å². The molecule has 2 aromatic rings. The molecule has 124 valence electrons. The van der Waals surface area contributed by atoms with E-state index >= 15 is 0 Å². The third-order valence-corrected chi connectivity index (χ3v) is 3.86. The molecule has 0 bridgehead atoms. The highest BCUT2D eigenvalue weighted by Crippen LogP contribution is 2.26. The molecule has 0 aliphatic heterocycles. The minimum Gasteiger partial charge on any atom is -0.466 e. The SMILES string of the molecule is CC(=O)c1cc(C(=O)NCC(C)(O)c2cc(C)oc2C)n(C)c1. The van der Waals surface area contributed by atoms with E-state index in [9.17, 15) is 14.7 Å². The van der Waals surface area contributed by atoms with E-state index in [1.807, 2.05) is 0 Å². The van der Waals surface area contributed by atoms with Crippen molar-refractivity contribution in [3.8, 4) is 0 Å². The van der Waals surface area contributed by atoms with Crippen molar-refractivity contribution in [2.45, 2.75) is 33.3 Å². The lowest BCUT2D eigenvalue weighted by molar-refractivity contribution is 0.0511. The Morgan fingerprint density at radius 2 is 2.00 bits per heavy atom. The van der Waals surface area contributed by atoms with E-state index in [1.54, 1.807) is 50.7 Å².